The van der Waals surface area contributed by atoms with Crippen LogP contribution in [0.25, 0.3) is 0 Å². The monoisotopic (exact) mass is 477 g/mol. The highest BCUT2D eigenvalue weighted by Crippen LogP contribution is 2.30. The number of nitrogens with zero attached hydrogens (tertiary/aromatic N) is 3. The van der Waals surface area contributed by atoms with Crippen molar-refractivity contribution in [1.82, 2.24) is 9.21 Å². The Balaban J connectivity index is 1.73. The summed E-state index contributed by atoms with van der Waals surface area (Å²) in [6.45, 7) is 5.36. The average molecular weight is 478 g/mol. The molecule has 2 aromatic carbocycles. The first-order chi connectivity index (χ1) is 13.9. The summed E-state index contributed by atoms with van der Waals surface area (Å²) < 4.78 is 34.4. The molecule has 2 aromatic rings. The molecular weight excluding hydrogens is 454 g/mol. The zero-order chi connectivity index (χ0) is 20.9. The van der Waals surface area contributed by atoms with Crippen molar-refractivity contribution in [3.05, 3.63) is 58.1 Å². The zero-order valence-electron chi connectivity index (χ0n) is 16.3. The molecule has 154 valence electrons. The summed E-state index contributed by atoms with van der Waals surface area (Å²) in [5.41, 5.74) is 1.76. The van der Waals surface area contributed by atoms with E-state index in [1.54, 1.807) is 22.5 Å². The van der Waals surface area contributed by atoms with Crippen molar-refractivity contribution in [2.75, 3.05) is 32.8 Å². The minimum absolute atomic E-state index is 0.203. The van der Waals surface area contributed by atoms with Crippen LogP contribution >= 0.6 is 15.9 Å². The van der Waals surface area contributed by atoms with Gasteiger partial charge >= 0.3 is 0 Å². The first-order valence-corrected chi connectivity index (χ1v) is 11.8. The van der Waals surface area contributed by atoms with E-state index >= 15 is 0 Å². The Kier molecular flexibility index (Phi) is 7.30. The van der Waals surface area contributed by atoms with Gasteiger partial charge in [-0.2, -0.15) is 9.57 Å². The normalized spacial score (nSPS) is 16.2. The molecule has 1 saturated heterocycles. The van der Waals surface area contributed by atoms with Crippen molar-refractivity contribution in [3.63, 3.8) is 0 Å². The van der Waals surface area contributed by atoms with Crippen LogP contribution < -0.4 is 4.74 Å². The number of hydrogen-bond donors (Lipinski definition) is 0. The molecule has 0 unspecified atom stereocenters. The summed E-state index contributed by atoms with van der Waals surface area (Å²) in [5, 5.41) is 8.92. The van der Waals surface area contributed by atoms with E-state index in [2.05, 4.69) is 26.9 Å². The summed E-state index contributed by atoms with van der Waals surface area (Å²) in [6.07, 6.45) is 0.757. The van der Waals surface area contributed by atoms with E-state index in [1.807, 2.05) is 31.2 Å². The highest BCUT2D eigenvalue weighted by Gasteiger charge is 2.30. The second-order valence-corrected chi connectivity index (χ2v) is 9.69. The fourth-order valence-corrected chi connectivity index (χ4v) is 5.53. The van der Waals surface area contributed by atoms with Gasteiger partial charge < -0.3 is 4.74 Å². The van der Waals surface area contributed by atoms with Crippen LogP contribution in [-0.4, -0.2) is 50.4 Å². The van der Waals surface area contributed by atoms with Gasteiger partial charge in [0.1, 0.15) is 10.6 Å². The van der Waals surface area contributed by atoms with Crippen molar-refractivity contribution in [1.29, 1.82) is 5.26 Å². The molecule has 1 aliphatic heterocycles. The number of sulfonamides is 1. The molecule has 1 aliphatic rings. The standard InChI is InChI=1S/C21H24BrN3O3S/c1-2-28-20-9-8-19(22)14-21(20)29(26,27)25-11-3-10-24(12-13-25)16-18-6-4-17(15-23)5-7-18/h4-9,14H,2-3,10-13,16H2,1H3. The van der Waals surface area contributed by atoms with Crippen LogP contribution in [-0.2, 0) is 16.6 Å². The van der Waals surface area contributed by atoms with Gasteiger partial charge in [0.25, 0.3) is 0 Å². The molecule has 0 aromatic heterocycles. The molecule has 8 heteroatoms. The lowest BCUT2D eigenvalue weighted by Gasteiger charge is -2.23. The summed E-state index contributed by atoms with van der Waals surface area (Å²) in [5.74, 6) is 0.384. The van der Waals surface area contributed by atoms with E-state index in [-0.39, 0.29) is 4.90 Å². The van der Waals surface area contributed by atoms with Gasteiger partial charge in [0.2, 0.25) is 10.0 Å². The van der Waals surface area contributed by atoms with Gasteiger partial charge in [0.05, 0.1) is 18.2 Å². The number of halogens is 1. The first-order valence-electron chi connectivity index (χ1n) is 9.58. The van der Waals surface area contributed by atoms with Gasteiger partial charge in [-0.25, -0.2) is 8.42 Å². The molecular formula is C21H24BrN3O3S. The van der Waals surface area contributed by atoms with E-state index in [0.29, 0.717) is 42.0 Å². The molecule has 0 amide bonds. The van der Waals surface area contributed by atoms with E-state index in [1.165, 1.54) is 0 Å². The smallest absolute Gasteiger partial charge is 0.246 e. The van der Waals surface area contributed by atoms with E-state index in [4.69, 9.17) is 10.00 Å². The van der Waals surface area contributed by atoms with Crippen LogP contribution in [0.15, 0.2) is 51.8 Å². The Morgan fingerprint density at radius 1 is 1.10 bits per heavy atom. The predicted molar refractivity (Wildman–Crippen MR) is 115 cm³/mol. The van der Waals surface area contributed by atoms with Crippen molar-refractivity contribution >= 4 is 26.0 Å². The van der Waals surface area contributed by atoms with Gasteiger partial charge in [-0.3, -0.25) is 4.90 Å². The fourth-order valence-electron chi connectivity index (χ4n) is 3.39. The number of hydrogen-bond acceptors (Lipinski definition) is 5. The predicted octanol–water partition coefficient (Wildman–Crippen LogP) is 3.62. The third-order valence-electron chi connectivity index (χ3n) is 4.86. The van der Waals surface area contributed by atoms with Crippen molar-refractivity contribution in [2.24, 2.45) is 0 Å². The van der Waals surface area contributed by atoms with Crippen LogP contribution in [0.1, 0.15) is 24.5 Å². The summed E-state index contributed by atoms with van der Waals surface area (Å²) in [6, 6.07) is 14.7. The van der Waals surface area contributed by atoms with Crippen LogP contribution in [0.3, 0.4) is 0 Å². The van der Waals surface area contributed by atoms with Crippen LogP contribution in [0.5, 0.6) is 5.75 Å². The first kappa shape index (κ1) is 21.8. The lowest BCUT2D eigenvalue weighted by molar-refractivity contribution is 0.278. The maximum absolute atomic E-state index is 13.3. The third-order valence-corrected chi connectivity index (χ3v) is 7.27. The molecule has 1 fully saturated rings. The van der Waals surface area contributed by atoms with Gasteiger partial charge in [0.15, 0.2) is 0 Å². The summed E-state index contributed by atoms with van der Waals surface area (Å²) in [7, 11) is -3.65. The van der Waals surface area contributed by atoms with Gasteiger partial charge in [-0.1, -0.05) is 28.1 Å². The SMILES string of the molecule is CCOc1ccc(Br)cc1S(=O)(=O)N1CCCN(Cc2ccc(C#N)cc2)CC1. The Morgan fingerprint density at radius 3 is 2.55 bits per heavy atom. The van der Waals surface area contributed by atoms with E-state index < -0.39 is 10.0 Å². The quantitative estimate of drug-likeness (QED) is 0.634. The molecule has 3 rings (SSSR count). The molecule has 0 aliphatic carbocycles. The number of benzene rings is 2. The maximum atomic E-state index is 13.3. The van der Waals surface area contributed by atoms with E-state index in [0.717, 1.165) is 25.1 Å². The fraction of sp³-hybridized carbons (Fsp3) is 0.381. The second-order valence-electron chi connectivity index (χ2n) is 6.87. The molecule has 0 bridgehead atoms. The lowest BCUT2D eigenvalue weighted by Crippen LogP contribution is -2.35. The van der Waals surface area contributed by atoms with Crippen molar-refractivity contribution in [2.45, 2.75) is 24.8 Å². The largest absolute Gasteiger partial charge is 0.492 e. The second kappa shape index (κ2) is 9.72. The Hall–Kier alpha value is -1.92. The highest BCUT2D eigenvalue weighted by atomic mass is 79.9. The van der Waals surface area contributed by atoms with E-state index in [9.17, 15) is 8.42 Å². The summed E-state index contributed by atoms with van der Waals surface area (Å²) in [4.78, 5) is 2.45. The number of nitriles is 1. The van der Waals surface area contributed by atoms with Crippen molar-refractivity contribution in [3.8, 4) is 11.8 Å². The van der Waals surface area contributed by atoms with Crippen molar-refractivity contribution < 1.29 is 13.2 Å². The molecule has 6 nitrogen and oxygen atoms in total. The van der Waals surface area contributed by atoms with Crippen LogP contribution in [0, 0.1) is 11.3 Å². The Bertz CT molecular complexity index is 987. The molecule has 0 spiro atoms. The molecule has 0 atom stereocenters. The zero-order valence-corrected chi connectivity index (χ0v) is 18.7. The average Bonchev–Trinajstić information content (AvgIpc) is 2.96. The van der Waals surface area contributed by atoms with Crippen LogP contribution in [0.4, 0.5) is 0 Å². The van der Waals surface area contributed by atoms with Crippen LogP contribution in [0.2, 0.25) is 0 Å². The minimum atomic E-state index is -3.65. The molecule has 1 heterocycles. The number of rotatable bonds is 6. The number of ether oxygens (including phenoxy) is 1. The molecule has 0 radical (unpaired) electrons. The highest BCUT2D eigenvalue weighted by molar-refractivity contribution is 9.10. The van der Waals surface area contributed by atoms with Gasteiger partial charge in [-0.05, 0) is 55.8 Å². The summed E-state index contributed by atoms with van der Waals surface area (Å²) >= 11 is 3.37. The maximum Gasteiger partial charge on any atom is 0.246 e. The lowest BCUT2D eigenvalue weighted by atomic mass is 10.1. The molecule has 0 N–H and O–H groups in total. The topological polar surface area (TPSA) is 73.6 Å². The Labute approximate surface area is 180 Å². The minimum Gasteiger partial charge on any atom is -0.492 e. The van der Waals surface area contributed by atoms with Gasteiger partial charge in [0, 0.05) is 30.7 Å². The molecule has 0 saturated carbocycles. The third kappa shape index (κ3) is 5.37. The van der Waals surface area contributed by atoms with Gasteiger partial charge in [-0.15, -0.1) is 0 Å². The Morgan fingerprint density at radius 2 is 1.86 bits per heavy atom. The molecule has 29 heavy (non-hydrogen) atoms.